The number of nitrogens with one attached hydrogen (secondary N) is 2. The molecule has 1 heterocycles. The average molecular weight is 325 g/mol. The molecule has 0 unspecified atom stereocenters. The van der Waals surface area contributed by atoms with Gasteiger partial charge >= 0.3 is 0 Å². The monoisotopic (exact) mass is 325 g/mol. The fourth-order valence-corrected chi connectivity index (χ4v) is 3.44. The van der Waals surface area contributed by atoms with Crippen molar-refractivity contribution >= 4 is 11.8 Å². The number of rotatable bonds is 3. The first-order valence-corrected chi connectivity index (χ1v) is 8.42. The van der Waals surface area contributed by atoms with E-state index >= 15 is 0 Å². The zero-order valence-corrected chi connectivity index (χ0v) is 14.1. The Hall–Kier alpha value is -2.56. The minimum Gasteiger partial charge on any atom is -0.318 e. The molecule has 1 saturated carbocycles. The molecule has 2 N–H and O–H groups in total. The van der Waals surface area contributed by atoms with E-state index in [1.807, 2.05) is 54.8 Å². The molecule has 1 fully saturated rings. The number of hydrogen-bond acceptors (Lipinski definition) is 2. The van der Waals surface area contributed by atoms with Crippen LogP contribution in [-0.4, -0.2) is 16.4 Å². The van der Waals surface area contributed by atoms with Crippen molar-refractivity contribution in [3.8, 4) is 5.69 Å². The number of nitrogens with zero attached hydrogens (tertiary/aromatic N) is 1. The Kier molecular flexibility index (Phi) is 4.69. The van der Waals surface area contributed by atoms with Crippen molar-refractivity contribution < 1.29 is 9.59 Å². The van der Waals surface area contributed by atoms with Crippen molar-refractivity contribution in [2.75, 3.05) is 0 Å². The first-order chi connectivity index (χ1) is 11.6. The lowest BCUT2D eigenvalue weighted by atomic mass is 10.1. The maximum atomic E-state index is 12.4. The minimum absolute atomic E-state index is 0.0297. The second-order valence-corrected chi connectivity index (χ2v) is 6.38. The van der Waals surface area contributed by atoms with Gasteiger partial charge in [-0.1, -0.05) is 31.0 Å². The Morgan fingerprint density at radius 1 is 1.04 bits per heavy atom. The molecule has 5 heteroatoms. The predicted octanol–water partition coefficient (Wildman–Crippen LogP) is 3.05. The maximum Gasteiger partial charge on any atom is 0.271 e. The molecule has 0 aliphatic heterocycles. The maximum absolute atomic E-state index is 12.4. The predicted molar refractivity (Wildman–Crippen MR) is 92.8 cm³/mol. The van der Waals surface area contributed by atoms with Gasteiger partial charge in [-0.2, -0.15) is 0 Å². The van der Waals surface area contributed by atoms with Gasteiger partial charge in [0.05, 0.1) is 5.56 Å². The number of aromatic nitrogens is 1. The summed E-state index contributed by atoms with van der Waals surface area (Å²) in [6, 6.07) is 11.8. The van der Waals surface area contributed by atoms with E-state index < -0.39 is 0 Å². The van der Waals surface area contributed by atoms with Crippen molar-refractivity contribution in [2.45, 2.75) is 39.5 Å². The molecule has 126 valence electrons. The fourth-order valence-electron chi connectivity index (χ4n) is 3.44. The van der Waals surface area contributed by atoms with Crippen molar-refractivity contribution in [3.05, 3.63) is 53.3 Å². The van der Waals surface area contributed by atoms with Crippen LogP contribution in [0.15, 0.2) is 36.4 Å². The van der Waals surface area contributed by atoms with Gasteiger partial charge in [-0.05, 0) is 44.9 Å². The summed E-state index contributed by atoms with van der Waals surface area (Å²) in [7, 11) is 0. The molecule has 1 aromatic carbocycles. The van der Waals surface area contributed by atoms with Crippen LogP contribution in [0.1, 0.15) is 47.4 Å². The highest BCUT2D eigenvalue weighted by atomic mass is 16.2. The van der Waals surface area contributed by atoms with E-state index in [0.717, 1.165) is 42.8 Å². The summed E-state index contributed by atoms with van der Waals surface area (Å²) in [4.78, 5) is 24.5. The standard InChI is InChI=1S/C19H23N3O2/c1-13-12-17(14(2)22(13)16-10-4-3-5-11-16)19(24)21-20-18(23)15-8-6-7-9-15/h3-5,10-12,15H,6-9H2,1-2H3,(H,20,23)(H,21,24). The zero-order chi connectivity index (χ0) is 17.1. The third-order valence-electron chi connectivity index (χ3n) is 4.72. The second-order valence-electron chi connectivity index (χ2n) is 6.38. The van der Waals surface area contributed by atoms with Gasteiger partial charge in [-0.3, -0.25) is 20.4 Å². The molecule has 1 aliphatic carbocycles. The number of para-hydroxylation sites is 1. The summed E-state index contributed by atoms with van der Waals surface area (Å²) in [5.74, 6) is -0.337. The van der Waals surface area contributed by atoms with Crippen LogP contribution in [0.4, 0.5) is 0 Å². The summed E-state index contributed by atoms with van der Waals surface area (Å²) in [6.07, 6.45) is 3.99. The van der Waals surface area contributed by atoms with Crippen LogP contribution in [-0.2, 0) is 4.79 Å². The molecule has 0 atom stereocenters. The molecule has 0 saturated heterocycles. The topological polar surface area (TPSA) is 63.1 Å². The Labute approximate surface area is 142 Å². The Morgan fingerprint density at radius 2 is 1.71 bits per heavy atom. The molecule has 3 rings (SSSR count). The van der Waals surface area contributed by atoms with E-state index in [0.29, 0.717) is 5.56 Å². The fraction of sp³-hybridized carbons (Fsp3) is 0.368. The van der Waals surface area contributed by atoms with Gasteiger partial charge in [0.25, 0.3) is 5.91 Å². The first kappa shape index (κ1) is 16.3. The van der Waals surface area contributed by atoms with Crippen LogP contribution >= 0.6 is 0 Å². The van der Waals surface area contributed by atoms with Crippen LogP contribution in [0.25, 0.3) is 5.69 Å². The van der Waals surface area contributed by atoms with Gasteiger partial charge in [-0.25, -0.2) is 0 Å². The van der Waals surface area contributed by atoms with Crippen LogP contribution in [0.5, 0.6) is 0 Å². The van der Waals surface area contributed by atoms with Gasteiger partial charge in [-0.15, -0.1) is 0 Å². The average Bonchev–Trinajstić information content (AvgIpc) is 3.21. The lowest BCUT2D eigenvalue weighted by Gasteiger charge is -2.12. The molecule has 5 nitrogen and oxygen atoms in total. The SMILES string of the molecule is Cc1cc(C(=O)NNC(=O)C2CCCC2)c(C)n1-c1ccccc1. The third-order valence-corrected chi connectivity index (χ3v) is 4.72. The van der Waals surface area contributed by atoms with Crippen LogP contribution in [0.2, 0.25) is 0 Å². The van der Waals surface area contributed by atoms with E-state index in [9.17, 15) is 9.59 Å². The number of hydrogen-bond donors (Lipinski definition) is 2. The molecule has 1 aliphatic rings. The summed E-state index contributed by atoms with van der Waals surface area (Å²) in [6.45, 7) is 3.88. The van der Waals surface area contributed by atoms with Crippen molar-refractivity contribution in [1.29, 1.82) is 0 Å². The van der Waals surface area contributed by atoms with E-state index in [1.165, 1.54) is 0 Å². The molecule has 2 aromatic rings. The molecule has 2 amide bonds. The van der Waals surface area contributed by atoms with Gasteiger partial charge in [0, 0.05) is 23.0 Å². The van der Waals surface area contributed by atoms with E-state index in [4.69, 9.17) is 0 Å². The Balaban J connectivity index is 1.73. The van der Waals surface area contributed by atoms with Crippen LogP contribution in [0, 0.1) is 19.8 Å². The zero-order valence-electron chi connectivity index (χ0n) is 14.1. The van der Waals surface area contributed by atoms with E-state index in [-0.39, 0.29) is 17.7 Å². The number of aryl methyl sites for hydroxylation is 1. The number of benzene rings is 1. The summed E-state index contributed by atoms with van der Waals surface area (Å²) in [5.41, 5.74) is 8.55. The van der Waals surface area contributed by atoms with E-state index in [2.05, 4.69) is 10.9 Å². The lowest BCUT2D eigenvalue weighted by Crippen LogP contribution is -2.44. The summed E-state index contributed by atoms with van der Waals surface area (Å²) in [5, 5.41) is 0. The largest absolute Gasteiger partial charge is 0.318 e. The molecule has 0 bridgehead atoms. The third kappa shape index (κ3) is 3.20. The molecule has 1 aromatic heterocycles. The minimum atomic E-state index is -0.281. The Bertz CT molecular complexity index is 743. The van der Waals surface area contributed by atoms with Crippen molar-refractivity contribution in [2.24, 2.45) is 5.92 Å². The normalized spacial score (nSPS) is 14.6. The van der Waals surface area contributed by atoms with Gasteiger partial charge in [0.2, 0.25) is 5.91 Å². The van der Waals surface area contributed by atoms with Crippen molar-refractivity contribution in [1.82, 2.24) is 15.4 Å². The first-order valence-electron chi connectivity index (χ1n) is 8.42. The van der Waals surface area contributed by atoms with Gasteiger partial charge in [0.1, 0.15) is 0 Å². The molecule has 0 radical (unpaired) electrons. The smallest absolute Gasteiger partial charge is 0.271 e. The lowest BCUT2D eigenvalue weighted by molar-refractivity contribution is -0.125. The highest BCUT2D eigenvalue weighted by Gasteiger charge is 2.23. The Morgan fingerprint density at radius 3 is 2.38 bits per heavy atom. The molecular weight excluding hydrogens is 302 g/mol. The van der Waals surface area contributed by atoms with E-state index in [1.54, 1.807) is 0 Å². The van der Waals surface area contributed by atoms with Gasteiger partial charge in [0.15, 0.2) is 0 Å². The number of amides is 2. The number of hydrazine groups is 1. The quantitative estimate of drug-likeness (QED) is 0.852. The number of carbonyl (C=O) groups excluding carboxylic acids is 2. The van der Waals surface area contributed by atoms with Crippen LogP contribution < -0.4 is 10.9 Å². The molecular formula is C19H23N3O2. The molecule has 24 heavy (non-hydrogen) atoms. The van der Waals surface area contributed by atoms with Crippen LogP contribution in [0.3, 0.4) is 0 Å². The highest BCUT2D eigenvalue weighted by molar-refractivity contribution is 5.97. The molecule has 0 spiro atoms. The van der Waals surface area contributed by atoms with Crippen molar-refractivity contribution in [3.63, 3.8) is 0 Å². The summed E-state index contributed by atoms with van der Waals surface area (Å²) < 4.78 is 2.04. The second kappa shape index (κ2) is 6.91. The summed E-state index contributed by atoms with van der Waals surface area (Å²) >= 11 is 0. The highest BCUT2D eigenvalue weighted by Crippen LogP contribution is 2.24. The van der Waals surface area contributed by atoms with Gasteiger partial charge < -0.3 is 4.57 Å². The number of carbonyl (C=O) groups is 2.